The number of hydrogen-bond acceptors (Lipinski definition) is 4. The van der Waals surface area contributed by atoms with Crippen LogP contribution in [0.25, 0.3) is 0 Å². The maximum absolute atomic E-state index is 12.5. The van der Waals surface area contributed by atoms with Crippen molar-refractivity contribution in [2.45, 2.75) is 50.7 Å². The van der Waals surface area contributed by atoms with Crippen LogP contribution < -0.4 is 5.32 Å². The van der Waals surface area contributed by atoms with Gasteiger partial charge < -0.3 is 10.1 Å². The van der Waals surface area contributed by atoms with Crippen LogP contribution in [-0.4, -0.2) is 48.1 Å². The molecule has 4 rings (SSSR count). The molecule has 1 aromatic carbocycles. The van der Waals surface area contributed by atoms with E-state index in [-0.39, 0.29) is 12.0 Å². The summed E-state index contributed by atoms with van der Waals surface area (Å²) in [5.74, 6) is 0.142. The molecule has 1 aliphatic heterocycles. The van der Waals surface area contributed by atoms with Gasteiger partial charge in [0.2, 0.25) is 5.91 Å². The van der Waals surface area contributed by atoms with Gasteiger partial charge in [-0.1, -0.05) is 55.7 Å². The van der Waals surface area contributed by atoms with E-state index in [0.29, 0.717) is 25.7 Å². The van der Waals surface area contributed by atoms with Crippen LogP contribution in [0.4, 0.5) is 0 Å². The van der Waals surface area contributed by atoms with Crippen LogP contribution in [0.2, 0.25) is 0 Å². The summed E-state index contributed by atoms with van der Waals surface area (Å²) in [6.07, 6.45) is 6.74. The number of rotatable bonds is 6. The molecular weight excluding hydrogens is 362 g/mol. The Morgan fingerprint density at radius 3 is 2.72 bits per heavy atom. The van der Waals surface area contributed by atoms with E-state index in [0.717, 1.165) is 37.2 Å². The molecule has 0 radical (unpaired) electrons. The van der Waals surface area contributed by atoms with Gasteiger partial charge in [0.15, 0.2) is 0 Å². The fraction of sp³-hybridized carbons (Fsp3) is 0.500. The maximum Gasteiger partial charge on any atom is 0.234 e. The molecule has 5 heteroatoms. The number of benzene rings is 1. The molecule has 1 atom stereocenters. The van der Waals surface area contributed by atoms with E-state index in [2.05, 4.69) is 46.6 Å². The molecule has 2 aromatic rings. The first-order valence-corrected chi connectivity index (χ1v) is 10.9. The summed E-state index contributed by atoms with van der Waals surface area (Å²) in [6, 6.07) is 16.9. The molecule has 1 saturated heterocycles. The third kappa shape index (κ3) is 5.87. The average Bonchev–Trinajstić information content (AvgIpc) is 2.75. The van der Waals surface area contributed by atoms with Gasteiger partial charge in [-0.05, 0) is 30.5 Å². The van der Waals surface area contributed by atoms with Crippen LogP contribution in [0, 0.1) is 0 Å². The standard InChI is InChI=1S/C24H31N3O2/c28-24(26-20-10-5-2-6-11-20)18-27-14-15-29-23(17-27)22-13-7-12-21(25-22)16-19-8-3-1-4-9-19/h1,3-4,7-9,12-13,20,23H,2,5-6,10-11,14-18H2,(H,26,28)/t23-/m0/s1. The molecule has 5 nitrogen and oxygen atoms in total. The number of nitrogens with one attached hydrogen (secondary N) is 1. The summed E-state index contributed by atoms with van der Waals surface area (Å²) in [6.45, 7) is 2.57. The number of aromatic nitrogens is 1. The van der Waals surface area contributed by atoms with E-state index in [1.807, 2.05) is 12.1 Å². The van der Waals surface area contributed by atoms with Gasteiger partial charge in [0.05, 0.1) is 18.8 Å². The van der Waals surface area contributed by atoms with Crippen molar-refractivity contribution < 1.29 is 9.53 Å². The first-order valence-electron chi connectivity index (χ1n) is 10.9. The van der Waals surface area contributed by atoms with E-state index in [1.54, 1.807) is 0 Å². The Kier molecular flexibility index (Phi) is 6.91. The predicted molar refractivity (Wildman–Crippen MR) is 114 cm³/mol. The quantitative estimate of drug-likeness (QED) is 0.816. The Balaban J connectivity index is 1.33. The molecule has 1 N–H and O–H groups in total. The first-order chi connectivity index (χ1) is 14.3. The van der Waals surface area contributed by atoms with E-state index < -0.39 is 0 Å². The van der Waals surface area contributed by atoms with Crippen LogP contribution in [0.15, 0.2) is 48.5 Å². The zero-order chi connectivity index (χ0) is 19.9. The van der Waals surface area contributed by atoms with Crippen LogP contribution >= 0.6 is 0 Å². The molecule has 1 amide bonds. The Bertz CT molecular complexity index is 790. The molecular formula is C24H31N3O2. The van der Waals surface area contributed by atoms with Gasteiger partial charge in [-0.2, -0.15) is 0 Å². The van der Waals surface area contributed by atoms with Crippen LogP contribution in [0.1, 0.15) is 55.2 Å². The number of hydrogen-bond donors (Lipinski definition) is 1. The van der Waals surface area contributed by atoms with Crippen molar-refractivity contribution in [3.8, 4) is 0 Å². The van der Waals surface area contributed by atoms with Gasteiger partial charge in [0, 0.05) is 31.2 Å². The normalized spacial score (nSPS) is 21.0. The fourth-order valence-corrected chi connectivity index (χ4v) is 4.33. The van der Waals surface area contributed by atoms with Gasteiger partial charge in [-0.25, -0.2) is 0 Å². The maximum atomic E-state index is 12.5. The number of carbonyl (C=O) groups is 1. The third-order valence-electron chi connectivity index (χ3n) is 5.87. The Morgan fingerprint density at radius 1 is 1.07 bits per heavy atom. The highest BCUT2D eigenvalue weighted by Gasteiger charge is 2.25. The van der Waals surface area contributed by atoms with E-state index in [4.69, 9.17) is 9.72 Å². The smallest absolute Gasteiger partial charge is 0.234 e. The molecule has 154 valence electrons. The molecule has 2 heterocycles. The highest BCUT2D eigenvalue weighted by atomic mass is 16.5. The topological polar surface area (TPSA) is 54.5 Å². The average molecular weight is 394 g/mol. The minimum Gasteiger partial charge on any atom is -0.369 e. The number of ether oxygens (including phenoxy) is 1. The minimum absolute atomic E-state index is 0.0815. The molecule has 2 fully saturated rings. The Morgan fingerprint density at radius 2 is 1.90 bits per heavy atom. The fourth-order valence-electron chi connectivity index (χ4n) is 4.33. The largest absolute Gasteiger partial charge is 0.369 e. The number of carbonyl (C=O) groups excluding carboxylic acids is 1. The monoisotopic (exact) mass is 393 g/mol. The lowest BCUT2D eigenvalue weighted by Crippen LogP contribution is -2.47. The van der Waals surface area contributed by atoms with E-state index >= 15 is 0 Å². The molecule has 0 bridgehead atoms. The van der Waals surface area contributed by atoms with Crippen LogP contribution in [-0.2, 0) is 16.0 Å². The summed E-state index contributed by atoms with van der Waals surface area (Å²) in [5, 5.41) is 3.22. The lowest BCUT2D eigenvalue weighted by Gasteiger charge is -2.33. The molecule has 1 saturated carbocycles. The van der Waals surface area contributed by atoms with Crippen molar-refractivity contribution in [3.63, 3.8) is 0 Å². The van der Waals surface area contributed by atoms with Crippen molar-refractivity contribution in [1.82, 2.24) is 15.2 Å². The molecule has 0 unspecified atom stereocenters. The number of nitrogens with zero attached hydrogens (tertiary/aromatic N) is 2. The van der Waals surface area contributed by atoms with Gasteiger partial charge in [0.25, 0.3) is 0 Å². The lowest BCUT2D eigenvalue weighted by molar-refractivity contribution is -0.125. The van der Waals surface area contributed by atoms with Crippen molar-refractivity contribution in [3.05, 3.63) is 65.5 Å². The second-order valence-corrected chi connectivity index (χ2v) is 8.21. The van der Waals surface area contributed by atoms with Gasteiger partial charge in [-0.3, -0.25) is 14.7 Å². The highest BCUT2D eigenvalue weighted by Crippen LogP contribution is 2.22. The van der Waals surface area contributed by atoms with E-state index in [1.165, 1.54) is 24.8 Å². The number of morpholine rings is 1. The minimum atomic E-state index is -0.0815. The van der Waals surface area contributed by atoms with Crippen molar-refractivity contribution in [2.24, 2.45) is 0 Å². The summed E-state index contributed by atoms with van der Waals surface area (Å²) < 4.78 is 6.00. The predicted octanol–water partition coefficient (Wildman–Crippen LogP) is 3.49. The van der Waals surface area contributed by atoms with Crippen molar-refractivity contribution >= 4 is 5.91 Å². The summed E-state index contributed by atoms with van der Waals surface area (Å²) in [4.78, 5) is 19.5. The molecule has 29 heavy (non-hydrogen) atoms. The first kappa shape index (κ1) is 20.0. The zero-order valence-corrected chi connectivity index (χ0v) is 17.1. The van der Waals surface area contributed by atoms with Crippen LogP contribution in [0.5, 0.6) is 0 Å². The number of pyridine rings is 1. The summed E-state index contributed by atoms with van der Waals surface area (Å²) >= 11 is 0. The highest BCUT2D eigenvalue weighted by molar-refractivity contribution is 5.78. The molecule has 1 aromatic heterocycles. The third-order valence-corrected chi connectivity index (χ3v) is 5.87. The Hall–Kier alpha value is -2.24. The molecule has 0 spiro atoms. The van der Waals surface area contributed by atoms with Crippen LogP contribution in [0.3, 0.4) is 0 Å². The second kappa shape index (κ2) is 9.99. The summed E-state index contributed by atoms with van der Waals surface area (Å²) in [5.41, 5.74) is 3.25. The SMILES string of the molecule is O=C(CN1CCO[C@H](c2cccc(Cc3ccccc3)n2)C1)NC1CCCCC1. The molecule has 2 aliphatic rings. The number of amides is 1. The second-order valence-electron chi connectivity index (χ2n) is 8.21. The summed E-state index contributed by atoms with van der Waals surface area (Å²) in [7, 11) is 0. The van der Waals surface area contributed by atoms with E-state index in [9.17, 15) is 4.79 Å². The van der Waals surface area contributed by atoms with Crippen molar-refractivity contribution in [1.29, 1.82) is 0 Å². The van der Waals surface area contributed by atoms with Crippen molar-refractivity contribution in [2.75, 3.05) is 26.2 Å². The van der Waals surface area contributed by atoms with Gasteiger partial charge >= 0.3 is 0 Å². The van der Waals surface area contributed by atoms with Gasteiger partial charge in [0.1, 0.15) is 6.10 Å². The molecule has 1 aliphatic carbocycles. The lowest BCUT2D eigenvalue weighted by atomic mass is 9.95. The van der Waals surface area contributed by atoms with Gasteiger partial charge in [-0.15, -0.1) is 0 Å². The Labute approximate surface area is 173 Å². The zero-order valence-electron chi connectivity index (χ0n) is 17.1.